The van der Waals surface area contributed by atoms with Gasteiger partial charge in [-0.1, -0.05) is 66.7 Å². The Balaban J connectivity index is 1.35. The molecule has 4 aromatic carbocycles. The molecule has 0 aliphatic heterocycles. The van der Waals surface area contributed by atoms with Gasteiger partial charge in [-0.05, 0) is 111 Å². The smallest absolute Gasteiger partial charge is 0.430 e. The molecular formula is C41H44F3N5O4. The number of allylic oxidation sites excluding steroid dienone is 1. The minimum atomic E-state index is -4.89. The summed E-state index contributed by atoms with van der Waals surface area (Å²) < 4.78 is 51.8. The van der Waals surface area contributed by atoms with Crippen molar-refractivity contribution in [2.45, 2.75) is 64.6 Å². The predicted octanol–water partition coefficient (Wildman–Crippen LogP) is 8.50. The number of amides is 2. The van der Waals surface area contributed by atoms with Crippen LogP contribution in [0, 0.1) is 5.92 Å². The number of alkyl carbamates (subject to hydrolysis) is 1. The van der Waals surface area contributed by atoms with Gasteiger partial charge in [0.05, 0.1) is 11.7 Å². The first-order valence-corrected chi connectivity index (χ1v) is 17.3. The van der Waals surface area contributed by atoms with Crippen LogP contribution in [0.15, 0.2) is 120 Å². The van der Waals surface area contributed by atoms with Gasteiger partial charge in [0.15, 0.2) is 0 Å². The third-order valence-electron chi connectivity index (χ3n) is 8.10. The Kier molecular flexibility index (Phi) is 12.6. The van der Waals surface area contributed by atoms with E-state index in [0.29, 0.717) is 29.9 Å². The molecule has 1 aliphatic rings. The van der Waals surface area contributed by atoms with E-state index >= 15 is 0 Å². The van der Waals surface area contributed by atoms with Crippen molar-refractivity contribution in [3.63, 3.8) is 0 Å². The van der Waals surface area contributed by atoms with Crippen molar-refractivity contribution >= 4 is 29.1 Å². The number of hydrogen-bond acceptors (Lipinski definition) is 7. The molecule has 0 aromatic heterocycles. The number of anilines is 1. The van der Waals surface area contributed by atoms with Crippen molar-refractivity contribution in [1.82, 2.24) is 10.6 Å². The van der Waals surface area contributed by atoms with Crippen LogP contribution in [-0.2, 0) is 22.7 Å². The molecule has 0 saturated heterocycles. The first-order chi connectivity index (χ1) is 25.2. The number of alkyl halides is 3. The highest BCUT2D eigenvalue weighted by Gasteiger charge is 2.32. The summed E-state index contributed by atoms with van der Waals surface area (Å²) in [5, 5.41) is 8.97. The van der Waals surface area contributed by atoms with Gasteiger partial charge >= 0.3 is 12.3 Å². The molecule has 2 amide bonds. The van der Waals surface area contributed by atoms with Crippen molar-refractivity contribution in [1.29, 1.82) is 0 Å². The molecule has 5 N–H and O–H groups in total. The summed E-state index contributed by atoms with van der Waals surface area (Å²) in [7, 11) is 0. The third-order valence-corrected chi connectivity index (χ3v) is 8.10. The molecule has 0 spiro atoms. The number of halogens is 3. The summed E-state index contributed by atoms with van der Waals surface area (Å²) in [5.41, 5.74) is 6.61. The Morgan fingerprint density at radius 3 is 2.26 bits per heavy atom. The number of ether oxygens (including phenoxy) is 2. The summed E-state index contributed by atoms with van der Waals surface area (Å²) in [6.45, 7) is 6.51. The third kappa shape index (κ3) is 12.5. The van der Waals surface area contributed by atoms with Gasteiger partial charge in [0.25, 0.3) is 5.91 Å². The highest BCUT2D eigenvalue weighted by Crippen LogP contribution is 2.32. The lowest BCUT2D eigenvalue weighted by Gasteiger charge is -2.21. The van der Waals surface area contributed by atoms with E-state index in [4.69, 9.17) is 15.2 Å². The fraction of sp³-hybridized carbons (Fsp3) is 0.293. The monoisotopic (exact) mass is 727 g/mol. The van der Waals surface area contributed by atoms with Crippen molar-refractivity contribution in [3.8, 4) is 5.75 Å². The zero-order valence-electron chi connectivity index (χ0n) is 29.9. The summed E-state index contributed by atoms with van der Waals surface area (Å²) >= 11 is 0. The Morgan fingerprint density at radius 2 is 1.58 bits per heavy atom. The standard InChI is InChI=1S/C41H44F3N5O4/c1-40(2,3)53-39(51)47-25-29-11-7-13-32(21-29)48-35(23-36(45)41(42,43)44)38(50)49-33-14-8-12-31(22-33)37(46-24-27-15-16-27)30-17-19-34(20-18-30)52-26-28-9-5-4-6-10-28/h4-14,17-23,27,37,46H,15-16,24-26,45H2,1-3H3,(H,47,51)(H,49,50)/b36-23-,48-35?. The van der Waals surface area contributed by atoms with Gasteiger partial charge in [0.2, 0.25) is 0 Å². The van der Waals surface area contributed by atoms with E-state index in [1.807, 2.05) is 60.7 Å². The fourth-order valence-electron chi connectivity index (χ4n) is 5.26. The fourth-order valence-corrected chi connectivity index (χ4v) is 5.26. The van der Waals surface area contributed by atoms with Gasteiger partial charge in [-0.2, -0.15) is 13.2 Å². The molecule has 12 heteroatoms. The van der Waals surface area contributed by atoms with E-state index in [1.54, 1.807) is 51.1 Å². The first-order valence-electron chi connectivity index (χ1n) is 17.3. The Morgan fingerprint density at radius 1 is 0.887 bits per heavy atom. The van der Waals surface area contributed by atoms with E-state index in [-0.39, 0.29) is 18.3 Å². The molecule has 0 heterocycles. The zero-order valence-corrected chi connectivity index (χ0v) is 29.9. The van der Waals surface area contributed by atoms with E-state index in [0.717, 1.165) is 41.8 Å². The molecule has 0 radical (unpaired) electrons. The van der Waals surface area contributed by atoms with Gasteiger partial charge in [-0.3, -0.25) is 4.79 Å². The molecule has 1 unspecified atom stereocenters. The molecule has 4 aromatic rings. The van der Waals surface area contributed by atoms with Crippen LogP contribution in [0.5, 0.6) is 5.75 Å². The number of carbonyl (C=O) groups is 2. The van der Waals surface area contributed by atoms with E-state index < -0.39 is 35.2 Å². The molecule has 1 saturated carbocycles. The van der Waals surface area contributed by atoms with Crippen molar-refractivity contribution in [2.75, 3.05) is 11.9 Å². The van der Waals surface area contributed by atoms with Gasteiger partial charge in [-0.15, -0.1) is 0 Å². The number of aliphatic imine (C=N–C) groups is 1. The van der Waals surface area contributed by atoms with Gasteiger partial charge in [0, 0.05) is 12.2 Å². The maximum Gasteiger partial charge on any atom is 0.430 e. The molecule has 5 rings (SSSR count). The molecular weight excluding hydrogens is 683 g/mol. The van der Waals surface area contributed by atoms with Crippen LogP contribution in [0.3, 0.4) is 0 Å². The lowest BCUT2D eigenvalue weighted by molar-refractivity contribution is -0.110. The maximum absolute atomic E-state index is 13.6. The van der Waals surface area contributed by atoms with Crippen molar-refractivity contribution in [2.24, 2.45) is 16.6 Å². The normalized spacial score (nSPS) is 14.3. The average molecular weight is 728 g/mol. The summed E-state index contributed by atoms with van der Waals surface area (Å²) in [6, 6.07) is 30.9. The lowest BCUT2D eigenvalue weighted by Crippen LogP contribution is -2.32. The minimum Gasteiger partial charge on any atom is -0.489 e. The quantitative estimate of drug-likeness (QED) is 0.0966. The van der Waals surface area contributed by atoms with Crippen LogP contribution in [0.25, 0.3) is 0 Å². The largest absolute Gasteiger partial charge is 0.489 e. The molecule has 1 aliphatic carbocycles. The molecule has 0 bridgehead atoms. The van der Waals surface area contributed by atoms with Crippen LogP contribution >= 0.6 is 0 Å². The number of nitrogens with two attached hydrogens (primary N) is 1. The van der Waals surface area contributed by atoms with Crippen LogP contribution in [-0.4, -0.2) is 36.0 Å². The van der Waals surface area contributed by atoms with Crippen molar-refractivity contribution < 1.29 is 32.2 Å². The van der Waals surface area contributed by atoms with Gasteiger partial charge in [0.1, 0.15) is 29.4 Å². The topological polar surface area (TPSA) is 127 Å². The summed E-state index contributed by atoms with van der Waals surface area (Å²) in [4.78, 5) is 29.9. The van der Waals surface area contributed by atoms with Crippen LogP contribution in [0.2, 0.25) is 0 Å². The van der Waals surface area contributed by atoms with Gasteiger partial charge in [-0.25, -0.2) is 9.79 Å². The van der Waals surface area contributed by atoms with Crippen LogP contribution in [0.4, 0.5) is 29.3 Å². The van der Waals surface area contributed by atoms with E-state index in [1.165, 1.54) is 12.1 Å². The molecule has 9 nitrogen and oxygen atoms in total. The molecule has 1 atom stereocenters. The first kappa shape index (κ1) is 38.6. The second-order valence-corrected chi connectivity index (χ2v) is 13.8. The number of nitrogens with one attached hydrogen (secondary N) is 3. The van der Waals surface area contributed by atoms with Crippen molar-refractivity contribution in [3.05, 3.63) is 137 Å². The SMILES string of the molecule is CC(C)(C)OC(=O)NCc1cccc(N=C(/C=C(\N)C(F)(F)F)C(=O)Nc2cccc(C(NCC3CC3)c3ccc(OCc4ccccc4)cc3)c2)c1. The Bertz CT molecular complexity index is 1920. The molecule has 1 fully saturated rings. The average Bonchev–Trinajstić information content (AvgIpc) is 3.94. The highest BCUT2D eigenvalue weighted by molar-refractivity contribution is 6.47. The Labute approximate surface area is 307 Å². The maximum atomic E-state index is 13.6. The molecule has 278 valence electrons. The summed E-state index contributed by atoms with van der Waals surface area (Å²) in [5.74, 6) is 0.418. The van der Waals surface area contributed by atoms with Crippen LogP contribution < -0.4 is 26.4 Å². The molecule has 53 heavy (non-hydrogen) atoms. The predicted molar refractivity (Wildman–Crippen MR) is 200 cm³/mol. The van der Waals surface area contributed by atoms with Crippen LogP contribution in [0.1, 0.15) is 61.9 Å². The lowest BCUT2D eigenvalue weighted by atomic mass is 9.97. The highest BCUT2D eigenvalue weighted by atomic mass is 19.4. The zero-order chi connectivity index (χ0) is 38.0. The number of nitrogens with zero attached hydrogens (tertiary/aromatic N) is 1. The van der Waals surface area contributed by atoms with E-state index in [9.17, 15) is 22.8 Å². The Hall–Kier alpha value is -5.62. The minimum absolute atomic E-state index is 0.0620. The van der Waals surface area contributed by atoms with Gasteiger partial charge < -0.3 is 31.2 Å². The second kappa shape index (κ2) is 17.3. The number of carbonyl (C=O) groups excluding carboxylic acids is 2. The number of rotatable bonds is 14. The van der Waals surface area contributed by atoms with E-state index in [2.05, 4.69) is 20.9 Å². The summed E-state index contributed by atoms with van der Waals surface area (Å²) in [6.07, 6.45) is -2.71. The number of benzene rings is 4. The second-order valence-electron chi connectivity index (χ2n) is 13.8. The number of hydrogen-bond donors (Lipinski definition) is 4.